The van der Waals surface area contributed by atoms with Crippen molar-refractivity contribution in [1.82, 2.24) is 4.31 Å². The van der Waals surface area contributed by atoms with Gasteiger partial charge in [-0.3, -0.25) is 4.79 Å². The van der Waals surface area contributed by atoms with Gasteiger partial charge in [0.2, 0.25) is 15.9 Å². The molecule has 0 saturated carbocycles. The Bertz CT molecular complexity index is 969. The molecule has 1 N–H and O–H groups in total. The van der Waals surface area contributed by atoms with Crippen LogP contribution in [0.1, 0.15) is 16.7 Å². The number of amides is 1. The minimum absolute atomic E-state index is 0.110. The lowest BCUT2D eigenvalue weighted by molar-refractivity contribution is -0.115. The van der Waals surface area contributed by atoms with Gasteiger partial charge in [0, 0.05) is 24.7 Å². The SMILES string of the molecule is Cc1ccc2c(c1)SC(C(=O)Nc1ccc(C)c(S(=O)(=O)N(C)C)c1)C2. The minimum atomic E-state index is -3.56. The van der Waals surface area contributed by atoms with Crippen molar-refractivity contribution >= 4 is 33.4 Å². The number of nitrogens with one attached hydrogen (secondary N) is 1. The number of carbonyl (C=O) groups is 1. The predicted octanol–water partition coefficient (Wildman–Crippen LogP) is 3.21. The number of benzene rings is 2. The molecule has 2 aromatic carbocycles. The molecule has 0 radical (unpaired) electrons. The van der Waals surface area contributed by atoms with Gasteiger partial charge in [-0.1, -0.05) is 23.8 Å². The van der Waals surface area contributed by atoms with Crippen LogP contribution in [0.4, 0.5) is 5.69 Å². The molecule has 0 bridgehead atoms. The van der Waals surface area contributed by atoms with Gasteiger partial charge in [-0.25, -0.2) is 12.7 Å². The summed E-state index contributed by atoms with van der Waals surface area (Å²) in [5.74, 6) is -0.110. The summed E-state index contributed by atoms with van der Waals surface area (Å²) in [7, 11) is -0.568. The van der Waals surface area contributed by atoms with Gasteiger partial charge < -0.3 is 5.32 Å². The number of aryl methyl sites for hydroxylation is 2. The van der Waals surface area contributed by atoms with E-state index in [4.69, 9.17) is 0 Å². The summed E-state index contributed by atoms with van der Waals surface area (Å²) >= 11 is 1.56. The topological polar surface area (TPSA) is 66.5 Å². The first kappa shape index (κ1) is 18.9. The van der Waals surface area contributed by atoms with Gasteiger partial charge in [-0.15, -0.1) is 11.8 Å². The molecule has 5 nitrogen and oxygen atoms in total. The number of anilines is 1. The van der Waals surface area contributed by atoms with Gasteiger partial charge in [0.05, 0.1) is 10.1 Å². The van der Waals surface area contributed by atoms with Crippen LogP contribution in [-0.2, 0) is 21.2 Å². The van der Waals surface area contributed by atoms with Crippen molar-refractivity contribution in [1.29, 1.82) is 0 Å². The molecule has 1 atom stereocenters. The number of hydrogen-bond acceptors (Lipinski definition) is 4. The maximum Gasteiger partial charge on any atom is 0.242 e. The number of fused-ring (bicyclic) bond motifs is 1. The Kier molecular flexibility index (Phi) is 5.14. The highest BCUT2D eigenvalue weighted by Gasteiger charge is 2.29. The van der Waals surface area contributed by atoms with Crippen molar-refractivity contribution < 1.29 is 13.2 Å². The van der Waals surface area contributed by atoms with Gasteiger partial charge in [-0.2, -0.15) is 0 Å². The zero-order chi connectivity index (χ0) is 19.1. The molecular weight excluding hydrogens is 368 g/mol. The first-order chi connectivity index (χ1) is 12.2. The third-order valence-electron chi connectivity index (χ3n) is 4.40. The van der Waals surface area contributed by atoms with E-state index in [1.165, 1.54) is 35.6 Å². The minimum Gasteiger partial charge on any atom is -0.325 e. The molecule has 7 heteroatoms. The monoisotopic (exact) mass is 390 g/mol. The molecule has 0 fully saturated rings. The van der Waals surface area contributed by atoms with Crippen molar-refractivity contribution in [3.8, 4) is 0 Å². The highest BCUT2D eigenvalue weighted by molar-refractivity contribution is 8.01. The molecule has 1 heterocycles. The molecule has 26 heavy (non-hydrogen) atoms. The van der Waals surface area contributed by atoms with Gasteiger partial charge in [0.1, 0.15) is 0 Å². The van der Waals surface area contributed by atoms with Crippen LogP contribution < -0.4 is 5.32 Å². The van der Waals surface area contributed by atoms with Crippen LogP contribution >= 0.6 is 11.8 Å². The average molecular weight is 391 g/mol. The van der Waals surface area contributed by atoms with Gasteiger partial charge in [0.25, 0.3) is 0 Å². The zero-order valence-corrected chi connectivity index (χ0v) is 16.9. The fraction of sp³-hybridized carbons (Fsp3) is 0.316. The summed E-state index contributed by atoms with van der Waals surface area (Å²) in [6.45, 7) is 3.78. The standard InChI is InChI=1S/C19H22N2O3S2/c1-12-5-7-14-10-17(25-16(14)9-12)19(22)20-15-8-6-13(2)18(11-15)26(23,24)21(3)4/h5-9,11,17H,10H2,1-4H3,(H,20,22). The van der Waals surface area contributed by atoms with E-state index >= 15 is 0 Å². The van der Waals surface area contributed by atoms with E-state index in [2.05, 4.69) is 23.5 Å². The van der Waals surface area contributed by atoms with Crippen molar-refractivity contribution in [2.75, 3.05) is 19.4 Å². The number of hydrogen-bond donors (Lipinski definition) is 1. The number of nitrogens with zero attached hydrogens (tertiary/aromatic N) is 1. The first-order valence-corrected chi connectivity index (χ1v) is 10.6. The van der Waals surface area contributed by atoms with E-state index < -0.39 is 10.0 Å². The Morgan fingerprint density at radius 3 is 2.58 bits per heavy atom. The highest BCUT2D eigenvalue weighted by Crippen LogP contribution is 2.38. The summed E-state index contributed by atoms with van der Waals surface area (Å²) in [5, 5.41) is 2.66. The first-order valence-electron chi connectivity index (χ1n) is 8.28. The van der Waals surface area contributed by atoms with E-state index in [9.17, 15) is 13.2 Å². The molecule has 3 rings (SSSR count). The molecule has 138 valence electrons. The second-order valence-corrected chi connectivity index (χ2v) is 10.0. The number of thioether (sulfide) groups is 1. The molecule has 0 spiro atoms. The molecule has 1 aliphatic rings. The summed E-state index contributed by atoms with van der Waals surface area (Å²) in [5.41, 5.74) is 3.50. The highest BCUT2D eigenvalue weighted by atomic mass is 32.2. The van der Waals surface area contributed by atoms with Crippen LogP contribution in [0.2, 0.25) is 0 Å². The maximum absolute atomic E-state index is 12.7. The number of carbonyl (C=O) groups excluding carboxylic acids is 1. The quantitative estimate of drug-likeness (QED) is 0.871. The molecule has 0 aromatic heterocycles. The fourth-order valence-corrected chi connectivity index (χ4v) is 5.29. The van der Waals surface area contributed by atoms with E-state index in [0.717, 1.165) is 4.90 Å². The maximum atomic E-state index is 12.7. The Morgan fingerprint density at radius 1 is 1.15 bits per heavy atom. The second-order valence-electron chi connectivity index (χ2n) is 6.68. The van der Waals surface area contributed by atoms with E-state index in [1.54, 1.807) is 30.8 Å². The van der Waals surface area contributed by atoms with Crippen molar-refractivity contribution in [2.24, 2.45) is 0 Å². The average Bonchev–Trinajstić information content (AvgIpc) is 2.99. The fourth-order valence-electron chi connectivity index (χ4n) is 2.86. The molecule has 0 aliphatic carbocycles. The smallest absolute Gasteiger partial charge is 0.242 e. The van der Waals surface area contributed by atoms with Crippen molar-refractivity contribution in [2.45, 2.75) is 35.3 Å². The van der Waals surface area contributed by atoms with Gasteiger partial charge >= 0.3 is 0 Å². The molecule has 2 aromatic rings. The van der Waals surface area contributed by atoms with Crippen molar-refractivity contribution in [3.63, 3.8) is 0 Å². The summed E-state index contributed by atoms with van der Waals surface area (Å²) in [6, 6.07) is 11.2. The summed E-state index contributed by atoms with van der Waals surface area (Å²) in [6.07, 6.45) is 0.681. The Morgan fingerprint density at radius 2 is 1.88 bits per heavy atom. The van der Waals surface area contributed by atoms with E-state index in [1.807, 2.05) is 6.92 Å². The van der Waals surface area contributed by atoms with Crippen LogP contribution in [0.15, 0.2) is 46.2 Å². The lowest BCUT2D eigenvalue weighted by Gasteiger charge is -2.16. The normalized spacial score (nSPS) is 16.6. The zero-order valence-electron chi connectivity index (χ0n) is 15.2. The van der Waals surface area contributed by atoms with Gasteiger partial charge in [-0.05, 0) is 49.6 Å². The van der Waals surface area contributed by atoms with Crippen LogP contribution in [0.3, 0.4) is 0 Å². The largest absolute Gasteiger partial charge is 0.325 e. The van der Waals surface area contributed by atoms with Crippen molar-refractivity contribution in [3.05, 3.63) is 53.1 Å². The van der Waals surface area contributed by atoms with Crippen LogP contribution in [-0.4, -0.2) is 38.0 Å². The lowest BCUT2D eigenvalue weighted by atomic mass is 10.1. The lowest BCUT2D eigenvalue weighted by Crippen LogP contribution is -2.26. The molecule has 1 amide bonds. The van der Waals surface area contributed by atoms with E-state index in [-0.39, 0.29) is 16.1 Å². The van der Waals surface area contributed by atoms with E-state index in [0.29, 0.717) is 17.7 Å². The molecule has 1 unspecified atom stereocenters. The Balaban J connectivity index is 1.79. The van der Waals surface area contributed by atoms with Crippen LogP contribution in [0, 0.1) is 13.8 Å². The molecule has 0 saturated heterocycles. The van der Waals surface area contributed by atoms with Crippen LogP contribution in [0.5, 0.6) is 0 Å². The third kappa shape index (κ3) is 3.65. The molecule has 1 aliphatic heterocycles. The van der Waals surface area contributed by atoms with Gasteiger partial charge in [0.15, 0.2) is 0 Å². The second kappa shape index (κ2) is 7.06. The third-order valence-corrected chi connectivity index (χ3v) is 7.66. The summed E-state index contributed by atoms with van der Waals surface area (Å²) < 4.78 is 26.0. The molecular formula is C19H22N2O3S2. The number of rotatable bonds is 4. The Hall–Kier alpha value is -1.83. The number of sulfonamides is 1. The summed E-state index contributed by atoms with van der Waals surface area (Å²) in [4.78, 5) is 14.0. The van der Waals surface area contributed by atoms with Crippen LogP contribution in [0.25, 0.3) is 0 Å². The Labute approximate surface area is 158 Å². The predicted molar refractivity (Wildman–Crippen MR) is 105 cm³/mol.